The Morgan fingerprint density at radius 2 is 1.36 bits per heavy atom. The molecule has 0 saturated carbocycles. The molecule has 0 atom stereocenters. The molecular weight excluding hydrogens is 324 g/mol. The fraction of sp³-hybridized carbons (Fsp3) is 0.556. The van der Waals surface area contributed by atoms with Crippen molar-refractivity contribution in [2.45, 2.75) is 13.8 Å². The van der Waals surface area contributed by atoms with Crippen LogP contribution in [0.1, 0.15) is 24.2 Å². The Hall–Kier alpha value is -2.44. The second kappa shape index (κ2) is 8.09. The van der Waals surface area contributed by atoms with E-state index < -0.39 is 0 Å². The van der Waals surface area contributed by atoms with Crippen molar-refractivity contribution in [3.8, 4) is 17.2 Å². The molecule has 0 N–H and O–H groups in total. The lowest BCUT2D eigenvalue weighted by Crippen LogP contribution is -2.51. The number of nitrogens with zero attached hydrogens (tertiary/aromatic N) is 2. The summed E-state index contributed by atoms with van der Waals surface area (Å²) in [6.45, 7) is 5.79. The first-order valence-electron chi connectivity index (χ1n) is 8.31. The van der Waals surface area contributed by atoms with Gasteiger partial charge in [-0.1, -0.05) is 13.8 Å². The topological polar surface area (TPSA) is 68.3 Å². The minimum Gasteiger partial charge on any atom is -0.496 e. The number of hydrogen-bond donors (Lipinski definition) is 0. The molecule has 1 aliphatic heterocycles. The van der Waals surface area contributed by atoms with Gasteiger partial charge in [0.2, 0.25) is 5.91 Å². The number of carbonyl (C=O) groups is 2. The normalized spacial score (nSPS) is 14.5. The highest BCUT2D eigenvalue weighted by Gasteiger charge is 2.29. The van der Waals surface area contributed by atoms with Gasteiger partial charge in [-0.2, -0.15) is 0 Å². The van der Waals surface area contributed by atoms with Crippen molar-refractivity contribution < 1.29 is 23.8 Å². The number of rotatable bonds is 5. The van der Waals surface area contributed by atoms with E-state index in [0.29, 0.717) is 49.0 Å². The first-order chi connectivity index (χ1) is 11.9. The van der Waals surface area contributed by atoms with Gasteiger partial charge in [0, 0.05) is 44.2 Å². The third kappa shape index (κ3) is 3.97. The summed E-state index contributed by atoms with van der Waals surface area (Å²) < 4.78 is 15.9. The molecule has 0 spiro atoms. The van der Waals surface area contributed by atoms with Crippen molar-refractivity contribution in [1.29, 1.82) is 0 Å². The van der Waals surface area contributed by atoms with Crippen LogP contribution in [0.5, 0.6) is 17.2 Å². The van der Waals surface area contributed by atoms with E-state index in [1.54, 1.807) is 29.0 Å². The summed E-state index contributed by atoms with van der Waals surface area (Å²) in [5.41, 5.74) is 0.370. The van der Waals surface area contributed by atoms with Crippen molar-refractivity contribution in [3.05, 3.63) is 17.7 Å². The maximum absolute atomic E-state index is 13.0. The maximum atomic E-state index is 13.0. The van der Waals surface area contributed by atoms with Crippen LogP contribution in [0.4, 0.5) is 0 Å². The van der Waals surface area contributed by atoms with Gasteiger partial charge in [-0.05, 0) is 0 Å². The predicted octanol–water partition coefficient (Wildman–Crippen LogP) is 1.65. The van der Waals surface area contributed by atoms with Crippen molar-refractivity contribution in [2.75, 3.05) is 47.5 Å². The fourth-order valence-electron chi connectivity index (χ4n) is 2.87. The smallest absolute Gasteiger partial charge is 0.261 e. The largest absolute Gasteiger partial charge is 0.496 e. The second-order valence-corrected chi connectivity index (χ2v) is 6.18. The molecule has 0 aliphatic carbocycles. The van der Waals surface area contributed by atoms with Crippen LogP contribution in [0.15, 0.2) is 12.1 Å². The van der Waals surface area contributed by atoms with Gasteiger partial charge in [-0.3, -0.25) is 9.59 Å². The Morgan fingerprint density at radius 1 is 0.880 bits per heavy atom. The van der Waals surface area contributed by atoms with Crippen LogP contribution >= 0.6 is 0 Å². The Morgan fingerprint density at radius 3 is 1.76 bits per heavy atom. The molecule has 1 aromatic carbocycles. The SMILES string of the molecule is COc1cc(OC)c(C(=O)N2CCN(C(=O)C(C)C)CC2)c(OC)c1. The molecule has 1 aliphatic rings. The van der Waals surface area contributed by atoms with Gasteiger partial charge in [-0.25, -0.2) is 0 Å². The summed E-state index contributed by atoms with van der Waals surface area (Å²) in [6.07, 6.45) is 0. The Bertz CT molecular complexity index is 611. The zero-order valence-corrected chi connectivity index (χ0v) is 15.5. The fourth-order valence-corrected chi connectivity index (χ4v) is 2.87. The molecule has 0 radical (unpaired) electrons. The Labute approximate surface area is 148 Å². The molecule has 7 nitrogen and oxygen atoms in total. The number of ether oxygens (including phenoxy) is 3. The molecule has 0 unspecified atom stereocenters. The molecule has 0 bridgehead atoms. The summed E-state index contributed by atoms with van der Waals surface area (Å²) in [4.78, 5) is 28.6. The molecule has 7 heteroatoms. The lowest BCUT2D eigenvalue weighted by Gasteiger charge is -2.36. The molecule has 1 aromatic rings. The summed E-state index contributed by atoms with van der Waals surface area (Å²) in [5.74, 6) is 1.27. The Balaban J connectivity index is 2.20. The summed E-state index contributed by atoms with van der Waals surface area (Å²) in [7, 11) is 4.55. The molecule has 138 valence electrons. The average molecular weight is 350 g/mol. The first kappa shape index (κ1) is 18.9. The minimum absolute atomic E-state index is 0.0379. The second-order valence-electron chi connectivity index (χ2n) is 6.18. The van der Waals surface area contributed by atoms with Crippen molar-refractivity contribution in [3.63, 3.8) is 0 Å². The van der Waals surface area contributed by atoms with Gasteiger partial charge in [0.25, 0.3) is 5.91 Å². The highest BCUT2D eigenvalue weighted by Crippen LogP contribution is 2.35. The van der Waals surface area contributed by atoms with Crippen LogP contribution in [-0.4, -0.2) is 69.1 Å². The number of methoxy groups -OCH3 is 3. The van der Waals surface area contributed by atoms with Gasteiger partial charge in [0.15, 0.2) is 0 Å². The van der Waals surface area contributed by atoms with Gasteiger partial charge in [0.1, 0.15) is 22.8 Å². The van der Waals surface area contributed by atoms with E-state index >= 15 is 0 Å². The van der Waals surface area contributed by atoms with Crippen molar-refractivity contribution >= 4 is 11.8 Å². The van der Waals surface area contributed by atoms with Crippen LogP contribution in [0.2, 0.25) is 0 Å². The zero-order chi connectivity index (χ0) is 18.6. The molecular formula is C18H26N2O5. The third-order valence-corrected chi connectivity index (χ3v) is 4.30. The predicted molar refractivity (Wildman–Crippen MR) is 93.4 cm³/mol. The van der Waals surface area contributed by atoms with E-state index in [1.807, 2.05) is 13.8 Å². The molecule has 1 heterocycles. The maximum Gasteiger partial charge on any atom is 0.261 e. The van der Waals surface area contributed by atoms with Gasteiger partial charge < -0.3 is 24.0 Å². The number of benzene rings is 1. The number of piperazine rings is 1. The monoisotopic (exact) mass is 350 g/mol. The third-order valence-electron chi connectivity index (χ3n) is 4.30. The number of hydrogen-bond acceptors (Lipinski definition) is 5. The van der Waals surface area contributed by atoms with Gasteiger partial charge >= 0.3 is 0 Å². The zero-order valence-electron chi connectivity index (χ0n) is 15.5. The van der Waals surface area contributed by atoms with Crippen LogP contribution in [0.25, 0.3) is 0 Å². The van der Waals surface area contributed by atoms with Crippen LogP contribution in [0.3, 0.4) is 0 Å². The summed E-state index contributed by atoms with van der Waals surface area (Å²) in [5, 5.41) is 0. The van der Waals surface area contributed by atoms with E-state index in [4.69, 9.17) is 14.2 Å². The highest BCUT2D eigenvalue weighted by atomic mass is 16.5. The van der Waals surface area contributed by atoms with E-state index in [-0.39, 0.29) is 17.7 Å². The quantitative estimate of drug-likeness (QED) is 0.808. The molecule has 2 rings (SSSR count). The number of amides is 2. The molecule has 2 amide bonds. The summed E-state index contributed by atoms with van der Waals surface area (Å²) >= 11 is 0. The lowest BCUT2D eigenvalue weighted by atomic mass is 10.1. The van der Waals surface area contributed by atoms with Crippen LogP contribution in [-0.2, 0) is 4.79 Å². The molecule has 0 aromatic heterocycles. The molecule has 1 saturated heterocycles. The van der Waals surface area contributed by atoms with E-state index in [2.05, 4.69) is 0 Å². The average Bonchev–Trinajstić information content (AvgIpc) is 2.65. The van der Waals surface area contributed by atoms with E-state index in [9.17, 15) is 9.59 Å². The lowest BCUT2D eigenvalue weighted by molar-refractivity contribution is -0.135. The van der Waals surface area contributed by atoms with Gasteiger partial charge in [-0.15, -0.1) is 0 Å². The minimum atomic E-state index is -0.173. The molecule has 25 heavy (non-hydrogen) atoms. The highest BCUT2D eigenvalue weighted by molar-refractivity contribution is 6.00. The van der Waals surface area contributed by atoms with Crippen LogP contribution in [0, 0.1) is 5.92 Å². The Kier molecular flexibility index (Phi) is 6.12. The van der Waals surface area contributed by atoms with Gasteiger partial charge in [0.05, 0.1) is 21.3 Å². The number of carbonyl (C=O) groups excluding carboxylic acids is 2. The molecule has 1 fully saturated rings. The van der Waals surface area contributed by atoms with E-state index in [1.165, 1.54) is 14.2 Å². The first-order valence-corrected chi connectivity index (χ1v) is 8.31. The van der Waals surface area contributed by atoms with Crippen LogP contribution < -0.4 is 14.2 Å². The standard InChI is InChI=1S/C18H26N2O5/c1-12(2)17(21)19-6-8-20(9-7-19)18(22)16-14(24-4)10-13(23-3)11-15(16)25-5/h10-12H,6-9H2,1-5H3. The van der Waals surface area contributed by atoms with E-state index in [0.717, 1.165) is 0 Å². The van der Waals surface area contributed by atoms with Crippen molar-refractivity contribution in [2.24, 2.45) is 5.92 Å². The summed E-state index contributed by atoms with van der Waals surface area (Å²) in [6, 6.07) is 3.32. The van der Waals surface area contributed by atoms with Crippen molar-refractivity contribution in [1.82, 2.24) is 9.80 Å².